The minimum absolute atomic E-state index is 0.0644. The van der Waals surface area contributed by atoms with Gasteiger partial charge in [0.2, 0.25) is 12.4 Å². The first-order chi connectivity index (χ1) is 7.70. The van der Waals surface area contributed by atoms with Crippen molar-refractivity contribution in [1.29, 1.82) is 0 Å². The maximum atomic E-state index is 11.9. The van der Waals surface area contributed by atoms with Gasteiger partial charge in [0.1, 0.15) is 0 Å². The largest absolute Gasteiger partial charge is 0.434 e. The smallest absolute Gasteiger partial charge is 0.356 e. The van der Waals surface area contributed by atoms with Gasteiger partial charge in [-0.05, 0) is 19.8 Å². The van der Waals surface area contributed by atoms with Crippen LogP contribution in [0.3, 0.4) is 0 Å². The number of fused-ring (bicyclic) bond motifs is 1. The standard InChI is InChI=1S/C10H16N2O4/c1-7-8-4-3-5-10(8,16-12-7)9(13)14-6-15-11-2/h8,11H,3-6H2,1-2H3. The molecule has 0 radical (unpaired) electrons. The predicted octanol–water partition coefficient (Wildman–Crippen LogP) is 0.583. The Morgan fingerprint density at radius 2 is 2.56 bits per heavy atom. The molecule has 1 N–H and O–H groups in total. The van der Waals surface area contributed by atoms with E-state index in [0.717, 1.165) is 18.6 Å². The third kappa shape index (κ3) is 1.68. The maximum absolute atomic E-state index is 11.9. The van der Waals surface area contributed by atoms with Crippen LogP contribution >= 0.6 is 0 Å². The van der Waals surface area contributed by atoms with Gasteiger partial charge in [0.15, 0.2) is 0 Å². The molecule has 16 heavy (non-hydrogen) atoms. The summed E-state index contributed by atoms with van der Waals surface area (Å²) in [5.41, 5.74) is 2.42. The van der Waals surface area contributed by atoms with Crippen molar-refractivity contribution in [3.63, 3.8) is 0 Å². The fourth-order valence-electron chi connectivity index (χ4n) is 2.39. The molecule has 1 saturated carbocycles. The van der Waals surface area contributed by atoms with E-state index in [1.54, 1.807) is 7.05 Å². The van der Waals surface area contributed by atoms with Crippen molar-refractivity contribution in [3.8, 4) is 0 Å². The zero-order valence-corrected chi connectivity index (χ0v) is 9.49. The zero-order valence-electron chi connectivity index (χ0n) is 9.49. The van der Waals surface area contributed by atoms with Crippen LogP contribution in [0.4, 0.5) is 0 Å². The second-order valence-corrected chi connectivity index (χ2v) is 4.06. The van der Waals surface area contributed by atoms with Crippen LogP contribution in [0.5, 0.6) is 0 Å². The van der Waals surface area contributed by atoms with Crippen LogP contribution in [-0.4, -0.2) is 31.1 Å². The molecule has 2 aliphatic rings. The van der Waals surface area contributed by atoms with E-state index in [9.17, 15) is 4.79 Å². The summed E-state index contributed by atoms with van der Waals surface area (Å²) >= 11 is 0. The summed E-state index contributed by atoms with van der Waals surface area (Å²) in [5.74, 6) is -0.319. The Morgan fingerprint density at radius 1 is 1.75 bits per heavy atom. The number of ether oxygens (including phenoxy) is 1. The SMILES string of the molecule is CNOCOC(=O)C12CCCC1C(C)=NO2. The Kier molecular flexibility index (Phi) is 3.11. The van der Waals surface area contributed by atoms with Crippen molar-refractivity contribution in [2.75, 3.05) is 13.8 Å². The number of esters is 1. The van der Waals surface area contributed by atoms with Gasteiger partial charge in [-0.3, -0.25) is 4.84 Å². The second-order valence-electron chi connectivity index (χ2n) is 4.06. The van der Waals surface area contributed by atoms with Crippen molar-refractivity contribution in [3.05, 3.63) is 0 Å². The summed E-state index contributed by atoms with van der Waals surface area (Å²) in [4.78, 5) is 22.0. The number of hydrogen-bond acceptors (Lipinski definition) is 6. The molecule has 90 valence electrons. The molecule has 2 atom stereocenters. The number of nitrogens with one attached hydrogen (secondary N) is 1. The monoisotopic (exact) mass is 228 g/mol. The van der Waals surface area contributed by atoms with Crippen molar-refractivity contribution in [2.24, 2.45) is 11.1 Å². The van der Waals surface area contributed by atoms with Gasteiger partial charge < -0.3 is 9.57 Å². The van der Waals surface area contributed by atoms with Crippen LogP contribution in [0.1, 0.15) is 26.2 Å². The first-order valence-corrected chi connectivity index (χ1v) is 5.39. The molecule has 1 aliphatic heterocycles. The summed E-state index contributed by atoms with van der Waals surface area (Å²) in [5, 5.41) is 3.90. The Bertz CT molecular complexity index is 318. The van der Waals surface area contributed by atoms with Crippen LogP contribution in [0.2, 0.25) is 0 Å². The van der Waals surface area contributed by atoms with Crippen molar-refractivity contribution >= 4 is 11.7 Å². The summed E-state index contributed by atoms with van der Waals surface area (Å²) in [7, 11) is 1.60. The molecule has 2 rings (SSSR count). The molecule has 0 bridgehead atoms. The summed E-state index contributed by atoms with van der Waals surface area (Å²) < 4.78 is 5.00. The van der Waals surface area contributed by atoms with Crippen LogP contribution in [0, 0.1) is 5.92 Å². The van der Waals surface area contributed by atoms with E-state index in [-0.39, 0.29) is 18.7 Å². The van der Waals surface area contributed by atoms with Crippen molar-refractivity contribution in [2.45, 2.75) is 31.8 Å². The molecule has 0 aromatic heterocycles. The Balaban J connectivity index is 2.00. The lowest BCUT2D eigenvalue weighted by molar-refractivity contribution is -0.188. The number of carbonyl (C=O) groups is 1. The molecule has 0 amide bonds. The average Bonchev–Trinajstić information content (AvgIpc) is 2.81. The number of hydroxylamine groups is 1. The van der Waals surface area contributed by atoms with Crippen LogP contribution in [0.15, 0.2) is 5.16 Å². The molecular weight excluding hydrogens is 212 g/mol. The van der Waals surface area contributed by atoms with E-state index >= 15 is 0 Å². The molecule has 0 spiro atoms. The first-order valence-electron chi connectivity index (χ1n) is 5.39. The summed E-state index contributed by atoms with van der Waals surface area (Å²) in [6.45, 7) is 1.77. The molecule has 6 nitrogen and oxygen atoms in total. The Morgan fingerprint density at radius 3 is 3.31 bits per heavy atom. The van der Waals surface area contributed by atoms with Gasteiger partial charge in [0.25, 0.3) is 0 Å². The maximum Gasteiger partial charge on any atom is 0.356 e. The van der Waals surface area contributed by atoms with Gasteiger partial charge >= 0.3 is 5.97 Å². The van der Waals surface area contributed by atoms with Gasteiger partial charge in [-0.15, -0.1) is 0 Å². The van der Waals surface area contributed by atoms with Crippen LogP contribution in [0.25, 0.3) is 0 Å². The number of carbonyl (C=O) groups excluding carboxylic acids is 1. The lowest BCUT2D eigenvalue weighted by Gasteiger charge is -2.24. The van der Waals surface area contributed by atoms with Crippen LogP contribution in [-0.2, 0) is 19.2 Å². The summed E-state index contributed by atoms with van der Waals surface area (Å²) in [6, 6.07) is 0. The highest BCUT2D eigenvalue weighted by molar-refractivity contribution is 5.95. The number of hydrogen-bond donors (Lipinski definition) is 1. The van der Waals surface area contributed by atoms with E-state index < -0.39 is 5.60 Å². The van der Waals surface area contributed by atoms with E-state index in [1.165, 1.54) is 0 Å². The molecule has 2 unspecified atom stereocenters. The fraction of sp³-hybridized carbons (Fsp3) is 0.800. The zero-order chi connectivity index (χ0) is 11.6. The normalized spacial score (nSPS) is 31.9. The molecule has 0 aromatic carbocycles. The molecule has 1 fully saturated rings. The van der Waals surface area contributed by atoms with E-state index in [1.807, 2.05) is 6.92 Å². The van der Waals surface area contributed by atoms with Crippen molar-refractivity contribution in [1.82, 2.24) is 5.48 Å². The van der Waals surface area contributed by atoms with Gasteiger partial charge in [0, 0.05) is 13.5 Å². The minimum atomic E-state index is -0.888. The van der Waals surface area contributed by atoms with Gasteiger partial charge in [-0.25, -0.2) is 10.3 Å². The van der Waals surface area contributed by atoms with Gasteiger partial charge in [-0.2, -0.15) is 0 Å². The highest BCUT2D eigenvalue weighted by Crippen LogP contribution is 2.44. The van der Waals surface area contributed by atoms with Crippen molar-refractivity contribution < 1.29 is 19.2 Å². The molecule has 0 aromatic rings. The van der Waals surface area contributed by atoms with E-state index in [2.05, 4.69) is 10.6 Å². The molecule has 6 heteroatoms. The predicted molar refractivity (Wildman–Crippen MR) is 55.4 cm³/mol. The first kappa shape index (κ1) is 11.3. The quantitative estimate of drug-likeness (QED) is 0.330. The molecular formula is C10H16N2O4. The highest BCUT2D eigenvalue weighted by Gasteiger charge is 2.57. The number of nitrogens with zero attached hydrogens (tertiary/aromatic N) is 1. The second kappa shape index (κ2) is 4.39. The fourth-order valence-corrected chi connectivity index (χ4v) is 2.39. The van der Waals surface area contributed by atoms with Crippen LogP contribution < -0.4 is 5.48 Å². The van der Waals surface area contributed by atoms with Gasteiger partial charge in [0.05, 0.1) is 11.6 Å². The van der Waals surface area contributed by atoms with Gasteiger partial charge in [-0.1, -0.05) is 5.16 Å². The highest BCUT2D eigenvalue weighted by atomic mass is 16.8. The molecule has 1 heterocycles. The molecule has 1 aliphatic carbocycles. The number of rotatable bonds is 4. The Hall–Kier alpha value is -1.14. The lowest BCUT2D eigenvalue weighted by atomic mass is 9.88. The van der Waals surface area contributed by atoms with E-state index in [4.69, 9.17) is 14.4 Å². The lowest BCUT2D eigenvalue weighted by Crippen LogP contribution is -2.44. The number of oxime groups is 1. The molecule has 0 saturated heterocycles. The average molecular weight is 228 g/mol. The topological polar surface area (TPSA) is 69.2 Å². The minimum Gasteiger partial charge on any atom is -0.434 e. The third-order valence-corrected chi connectivity index (χ3v) is 3.20. The third-order valence-electron chi connectivity index (χ3n) is 3.20. The Labute approximate surface area is 93.9 Å². The summed E-state index contributed by atoms with van der Waals surface area (Å²) in [6.07, 6.45) is 2.55. The van der Waals surface area contributed by atoms with E-state index in [0.29, 0.717) is 6.42 Å².